The van der Waals surface area contributed by atoms with Gasteiger partial charge in [0.25, 0.3) is 0 Å². The minimum Gasteiger partial charge on any atom is -0.461 e. The molecule has 0 bridgehead atoms. The number of halogens is 1. The molecule has 0 aliphatic carbocycles. The van der Waals surface area contributed by atoms with Gasteiger partial charge in [0.1, 0.15) is 6.61 Å². The summed E-state index contributed by atoms with van der Waals surface area (Å²) in [6.45, 7) is 9.56. The van der Waals surface area contributed by atoms with E-state index in [-0.39, 0.29) is 18.4 Å². The first-order chi connectivity index (χ1) is 7.61. The Bertz CT molecular complexity index is 255. The second-order valence-electron chi connectivity index (χ2n) is 3.86. The van der Waals surface area contributed by atoms with Crippen LogP contribution in [-0.4, -0.2) is 62.5 Å². The second kappa shape index (κ2) is 8.47. The monoisotopic (exact) mass is 264 g/mol. The highest BCUT2D eigenvalue weighted by Crippen LogP contribution is 2.00. The molecule has 6 heteroatoms. The Morgan fingerprint density at radius 2 is 2.06 bits per heavy atom. The normalized spacial score (nSPS) is 16.4. The standard InChI is InChI=1S/C11H20N2O3.ClH/c1-10(2)11(14)16-9-4-12(3)13-5-7-15-8-6-13;/h1,4-9H2,2-3H3;1H. The van der Waals surface area contributed by atoms with Gasteiger partial charge in [-0.3, -0.25) is 0 Å². The van der Waals surface area contributed by atoms with Crippen molar-refractivity contribution in [2.24, 2.45) is 0 Å². The number of likely N-dealkylation sites (N-methyl/N-ethyl adjacent to an activating group) is 1. The summed E-state index contributed by atoms with van der Waals surface area (Å²) in [5.41, 5.74) is 0.439. The highest BCUT2D eigenvalue weighted by molar-refractivity contribution is 5.86. The van der Waals surface area contributed by atoms with Gasteiger partial charge in [0.2, 0.25) is 0 Å². The van der Waals surface area contributed by atoms with Crippen molar-refractivity contribution < 1.29 is 14.3 Å². The second-order valence-corrected chi connectivity index (χ2v) is 3.86. The lowest BCUT2D eigenvalue weighted by Crippen LogP contribution is -2.47. The van der Waals surface area contributed by atoms with Crippen molar-refractivity contribution in [3.8, 4) is 0 Å². The van der Waals surface area contributed by atoms with E-state index in [0.29, 0.717) is 18.7 Å². The lowest BCUT2D eigenvalue weighted by atomic mass is 10.4. The zero-order chi connectivity index (χ0) is 12.0. The molecule has 17 heavy (non-hydrogen) atoms. The Morgan fingerprint density at radius 1 is 1.47 bits per heavy atom. The fourth-order valence-corrected chi connectivity index (χ4v) is 1.43. The third kappa shape index (κ3) is 6.02. The van der Waals surface area contributed by atoms with Crippen molar-refractivity contribution in [1.29, 1.82) is 0 Å². The average molecular weight is 265 g/mol. The number of rotatable bonds is 5. The Balaban J connectivity index is 0.00000256. The summed E-state index contributed by atoms with van der Waals surface area (Å²) in [6.07, 6.45) is 0. The lowest BCUT2D eigenvalue weighted by molar-refractivity contribution is -0.141. The third-order valence-electron chi connectivity index (χ3n) is 2.47. The van der Waals surface area contributed by atoms with E-state index in [4.69, 9.17) is 9.47 Å². The predicted molar refractivity (Wildman–Crippen MR) is 68.0 cm³/mol. The van der Waals surface area contributed by atoms with Gasteiger partial charge in [0, 0.05) is 32.3 Å². The fourth-order valence-electron chi connectivity index (χ4n) is 1.43. The van der Waals surface area contributed by atoms with Crippen molar-refractivity contribution in [1.82, 2.24) is 10.0 Å². The summed E-state index contributed by atoms with van der Waals surface area (Å²) in [7, 11) is 1.99. The zero-order valence-electron chi connectivity index (χ0n) is 10.5. The fraction of sp³-hybridized carbons (Fsp3) is 0.727. The van der Waals surface area contributed by atoms with E-state index in [1.165, 1.54) is 0 Å². The first kappa shape index (κ1) is 16.4. The van der Waals surface area contributed by atoms with Crippen LogP contribution in [0.15, 0.2) is 12.2 Å². The molecule has 1 heterocycles. The highest BCUT2D eigenvalue weighted by atomic mass is 35.5. The summed E-state index contributed by atoms with van der Waals surface area (Å²) in [4.78, 5) is 11.1. The Hall–Kier alpha value is -0.620. The van der Waals surface area contributed by atoms with Gasteiger partial charge in [-0.25, -0.2) is 14.8 Å². The van der Waals surface area contributed by atoms with Gasteiger partial charge in [0.05, 0.1) is 13.2 Å². The third-order valence-corrected chi connectivity index (χ3v) is 2.47. The number of hydrazine groups is 1. The first-order valence-electron chi connectivity index (χ1n) is 5.47. The van der Waals surface area contributed by atoms with Crippen molar-refractivity contribution in [3.63, 3.8) is 0 Å². The Kier molecular flexibility index (Phi) is 8.16. The minimum atomic E-state index is -0.324. The summed E-state index contributed by atoms with van der Waals surface area (Å²) in [5.74, 6) is -0.324. The van der Waals surface area contributed by atoms with Gasteiger partial charge in [-0.15, -0.1) is 12.4 Å². The number of esters is 1. The summed E-state index contributed by atoms with van der Waals surface area (Å²) in [5, 5.41) is 4.26. The van der Waals surface area contributed by atoms with Gasteiger partial charge in [-0.05, 0) is 6.92 Å². The van der Waals surface area contributed by atoms with Crippen LogP contribution in [0.2, 0.25) is 0 Å². The molecule has 0 aromatic heterocycles. The van der Waals surface area contributed by atoms with Gasteiger partial charge in [-0.2, -0.15) is 0 Å². The molecule has 1 rings (SSSR count). The topological polar surface area (TPSA) is 42.0 Å². The van der Waals surface area contributed by atoms with E-state index in [1.54, 1.807) is 6.92 Å². The minimum absolute atomic E-state index is 0. The number of carbonyl (C=O) groups is 1. The molecular weight excluding hydrogens is 244 g/mol. The van der Waals surface area contributed by atoms with Crippen LogP contribution in [0.25, 0.3) is 0 Å². The number of hydrogen-bond donors (Lipinski definition) is 0. The molecule has 0 N–H and O–H groups in total. The van der Waals surface area contributed by atoms with Crippen LogP contribution in [0.3, 0.4) is 0 Å². The lowest BCUT2D eigenvalue weighted by Gasteiger charge is -2.34. The van der Waals surface area contributed by atoms with Crippen LogP contribution in [0.1, 0.15) is 6.92 Å². The first-order valence-corrected chi connectivity index (χ1v) is 5.47. The van der Waals surface area contributed by atoms with Crippen LogP contribution >= 0.6 is 12.4 Å². The van der Waals surface area contributed by atoms with Gasteiger partial charge >= 0.3 is 5.97 Å². The van der Waals surface area contributed by atoms with Crippen LogP contribution < -0.4 is 0 Å². The molecule has 0 saturated carbocycles. The molecule has 0 aromatic carbocycles. The summed E-state index contributed by atoms with van der Waals surface area (Å²) in [6, 6.07) is 0. The maximum atomic E-state index is 11.1. The molecular formula is C11H21ClN2O3. The molecule has 0 radical (unpaired) electrons. The quantitative estimate of drug-likeness (QED) is 0.540. The maximum absolute atomic E-state index is 11.1. The highest BCUT2D eigenvalue weighted by Gasteiger charge is 2.15. The molecule has 5 nitrogen and oxygen atoms in total. The molecule has 1 fully saturated rings. The van der Waals surface area contributed by atoms with E-state index >= 15 is 0 Å². The number of ether oxygens (including phenoxy) is 2. The van der Waals surface area contributed by atoms with Crippen molar-refractivity contribution in [2.45, 2.75) is 6.92 Å². The molecule has 100 valence electrons. The smallest absolute Gasteiger partial charge is 0.333 e. The molecule has 1 aliphatic rings. The van der Waals surface area contributed by atoms with E-state index in [1.807, 2.05) is 7.05 Å². The Morgan fingerprint density at radius 3 is 2.59 bits per heavy atom. The maximum Gasteiger partial charge on any atom is 0.333 e. The number of carbonyl (C=O) groups excluding carboxylic acids is 1. The van der Waals surface area contributed by atoms with E-state index < -0.39 is 0 Å². The van der Waals surface area contributed by atoms with Crippen molar-refractivity contribution >= 4 is 18.4 Å². The largest absolute Gasteiger partial charge is 0.461 e. The summed E-state index contributed by atoms with van der Waals surface area (Å²) < 4.78 is 10.3. The number of morpholine rings is 1. The van der Waals surface area contributed by atoms with E-state index in [0.717, 1.165) is 26.3 Å². The summed E-state index contributed by atoms with van der Waals surface area (Å²) >= 11 is 0. The molecule has 0 amide bonds. The van der Waals surface area contributed by atoms with Gasteiger partial charge in [-0.1, -0.05) is 6.58 Å². The molecule has 1 saturated heterocycles. The molecule has 1 aliphatic heterocycles. The van der Waals surface area contributed by atoms with Crippen LogP contribution in [0.5, 0.6) is 0 Å². The SMILES string of the molecule is C=C(C)C(=O)OCCN(C)N1CCOCC1.Cl. The predicted octanol–water partition coefficient (Wildman–Crippen LogP) is 0.706. The molecule has 0 unspecified atom stereocenters. The zero-order valence-corrected chi connectivity index (χ0v) is 11.3. The van der Waals surface area contributed by atoms with E-state index in [2.05, 4.69) is 16.6 Å². The van der Waals surface area contributed by atoms with Crippen LogP contribution in [0, 0.1) is 0 Å². The molecule has 0 aromatic rings. The van der Waals surface area contributed by atoms with Crippen LogP contribution in [0.4, 0.5) is 0 Å². The van der Waals surface area contributed by atoms with Crippen LogP contribution in [-0.2, 0) is 14.3 Å². The number of hydrogen-bond acceptors (Lipinski definition) is 5. The molecule has 0 spiro atoms. The molecule has 0 atom stereocenters. The van der Waals surface area contributed by atoms with Crippen molar-refractivity contribution in [2.75, 3.05) is 46.5 Å². The average Bonchev–Trinajstić information content (AvgIpc) is 2.29. The Labute approximate surface area is 109 Å². The van der Waals surface area contributed by atoms with Crippen molar-refractivity contribution in [3.05, 3.63) is 12.2 Å². The van der Waals surface area contributed by atoms with E-state index in [9.17, 15) is 4.79 Å². The van der Waals surface area contributed by atoms with Gasteiger partial charge < -0.3 is 9.47 Å². The number of nitrogens with zero attached hydrogens (tertiary/aromatic N) is 2. The van der Waals surface area contributed by atoms with Gasteiger partial charge in [0.15, 0.2) is 0 Å².